The smallest absolute Gasteiger partial charge is 0.249 e. The van der Waals surface area contributed by atoms with Crippen molar-refractivity contribution in [2.24, 2.45) is 0 Å². The molecule has 1 saturated heterocycles. The van der Waals surface area contributed by atoms with Gasteiger partial charge in [-0.2, -0.15) is 5.48 Å². The Bertz CT molecular complexity index is 875. The molecular formula is C25H31ClN2O3. The molecule has 166 valence electrons. The van der Waals surface area contributed by atoms with Crippen LogP contribution in [0.3, 0.4) is 0 Å². The Morgan fingerprint density at radius 3 is 2.48 bits per heavy atom. The number of nitrogens with zero attached hydrogens (tertiary/aromatic N) is 1. The second kappa shape index (κ2) is 10.4. The van der Waals surface area contributed by atoms with Gasteiger partial charge >= 0.3 is 0 Å². The van der Waals surface area contributed by atoms with E-state index in [1.165, 1.54) is 30.9 Å². The first-order valence-corrected chi connectivity index (χ1v) is 11.6. The third-order valence-corrected chi connectivity index (χ3v) is 6.37. The van der Waals surface area contributed by atoms with E-state index in [2.05, 4.69) is 22.5 Å². The Morgan fingerprint density at radius 1 is 1.06 bits per heavy atom. The number of halogens is 1. The second-order valence-corrected chi connectivity index (χ2v) is 9.04. The highest BCUT2D eigenvalue weighted by Gasteiger charge is 2.28. The summed E-state index contributed by atoms with van der Waals surface area (Å²) in [5.74, 6) is 2.63. The molecular weight excluding hydrogens is 412 g/mol. The number of rotatable bonds is 9. The molecule has 1 saturated carbocycles. The minimum Gasteiger partial charge on any atom is -0.494 e. The van der Waals surface area contributed by atoms with Gasteiger partial charge in [0.15, 0.2) is 5.75 Å². The van der Waals surface area contributed by atoms with E-state index >= 15 is 0 Å². The Kier molecular flexibility index (Phi) is 7.36. The summed E-state index contributed by atoms with van der Waals surface area (Å²) in [7, 11) is 0. The van der Waals surface area contributed by atoms with Crippen LogP contribution in [-0.2, 0) is 4.79 Å². The maximum Gasteiger partial charge on any atom is 0.249 e. The summed E-state index contributed by atoms with van der Waals surface area (Å²) in [6.45, 7) is 5.35. The Labute approximate surface area is 189 Å². The fourth-order valence-corrected chi connectivity index (χ4v) is 4.38. The van der Waals surface area contributed by atoms with Crippen LogP contribution in [0, 0.1) is 0 Å². The van der Waals surface area contributed by atoms with Gasteiger partial charge in [0.1, 0.15) is 5.75 Å². The minimum atomic E-state index is -0.187. The molecule has 0 radical (unpaired) electrons. The average molecular weight is 443 g/mol. The van der Waals surface area contributed by atoms with Gasteiger partial charge in [-0.3, -0.25) is 4.79 Å². The summed E-state index contributed by atoms with van der Waals surface area (Å²) in [5, 5.41) is 0.725. The molecule has 1 N–H and O–H groups in total. The van der Waals surface area contributed by atoms with Crippen LogP contribution in [0.1, 0.15) is 62.0 Å². The fourth-order valence-electron chi connectivity index (χ4n) is 4.25. The number of carbonyl (C=O) groups excluding carboxylic acids is 1. The fraction of sp³-hybridized carbons (Fsp3) is 0.480. The molecule has 2 aliphatic rings. The van der Waals surface area contributed by atoms with Crippen LogP contribution < -0.4 is 15.1 Å². The SMILES string of the molecule is CC(=O)NOc1ccc(C2CC2)cc1C1CCN(CCCOc2ccc(Cl)cc2)CC1. The van der Waals surface area contributed by atoms with Crippen molar-refractivity contribution in [2.45, 2.75) is 50.9 Å². The zero-order chi connectivity index (χ0) is 21.6. The van der Waals surface area contributed by atoms with Crippen molar-refractivity contribution in [1.82, 2.24) is 10.4 Å². The van der Waals surface area contributed by atoms with Crippen LogP contribution in [0.15, 0.2) is 42.5 Å². The van der Waals surface area contributed by atoms with Gasteiger partial charge < -0.3 is 14.5 Å². The zero-order valence-corrected chi connectivity index (χ0v) is 18.9. The largest absolute Gasteiger partial charge is 0.494 e. The van der Waals surface area contributed by atoms with Crippen molar-refractivity contribution in [1.29, 1.82) is 0 Å². The van der Waals surface area contributed by atoms with Crippen LogP contribution in [0.5, 0.6) is 11.5 Å². The number of carbonyl (C=O) groups is 1. The lowest BCUT2D eigenvalue weighted by Gasteiger charge is -2.33. The van der Waals surface area contributed by atoms with Crippen LogP contribution in [0.25, 0.3) is 0 Å². The van der Waals surface area contributed by atoms with Gasteiger partial charge in [-0.25, -0.2) is 0 Å². The molecule has 2 aromatic carbocycles. The summed E-state index contributed by atoms with van der Waals surface area (Å²) < 4.78 is 5.81. The zero-order valence-electron chi connectivity index (χ0n) is 18.1. The molecule has 0 aromatic heterocycles. The van der Waals surface area contributed by atoms with Crippen LogP contribution in [-0.4, -0.2) is 37.0 Å². The molecule has 2 fully saturated rings. The molecule has 1 heterocycles. The first-order chi connectivity index (χ1) is 15.1. The van der Waals surface area contributed by atoms with Gasteiger partial charge in [-0.05, 0) is 92.9 Å². The van der Waals surface area contributed by atoms with E-state index in [0.29, 0.717) is 18.4 Å². The van der Waals surface area contributed by atoms with Gasteiger partial charge in [0.25, 0.3) is 0 Å². The maximum absolute atomic E-state index is 11.3. The van der Waals surface area contributed by atoms with E-state index in [1.807, 2.05) is 30.3 Å². The predicted molar refractivity (Wildman–Crippen MR) is 123 cm³/mol. The van der Waals surface area contributed by atoms with Gasteiger partial charge in [-0.1, -0.05) is 23.7 Å². The molecule has 0 bridgehead atoms. The molecule has 1 aliphatic heterocycles. The lowest BCUT2D eigenvalue weighted by atomic mass is 9.87. The lowest BCUT2D eigenvalue weighted by Crippen LogP contribution is -2.34. The topological polar surface area (TPSA) is 50.8 Å². The number of hydrogen-bond acceptors (Lipinski definition) is 4. The third kappa shape index (κ3) is 6.37. The Morgan fingerprint density at radius 2 is 1.81 bits per heavy atom. The molecule has 4 rings (SSSR count). The number of benzene rings is 2. The summed E-state index contributed by atoms with van der Waals surface area (Å²) in [6.07, 6.45) is 5.76. The van der Waals surface area contributed by atoms with E-state index in [-0.39, 0.29) is 5.91 Å². The Hall–Kier alpha value is -2.24. The number of piperidine rings is 1. The molecule has 1 amide bonds. The van der Waals surface area contributed by atoms with Crippen molar-refractivity contribution in [3.8, 4) is 11.5 Å². The van der Waals surface area contributed by atoms with Crippen LogP contribution in [0.4, 0.5) is 0 Å². The van der Waals surface area contributed by atoms with E-state index < -0.39 is 0 Å². The molecule has 31 heavy (non-hydrogen) atoms. The number of hydrogen-bond donors (Lipinski definition) is 1. The molecule has 1 aliphatic carbocycles. The van der Waals surface area contributed by atoms with Crippen molar-refractivity contribution in [3.63, 3.8) is 0 Å². The second-order valence-electron chi connectivity index (χ2n) is 8.60. The first kappa shape index (κ1) is 22.0. The molecule has 6 heteroatoms. The normalized spacial score (nSPS) is 17.4. The summed E-state index contributed by atoms with van der Waals surface area (Å²) >= 11 is 5.91. The highest BCUT2D eigenvalue weighted by Crippen LogP contribution is 2.43. The number of hydroxylamine groups is 1. The summed E-state index contributed by atoms with van der Waals surface area (Å²) in [6, 6.07) is 14.0. The molecule has 0 spiro atoms. The van der Waals surface area contributed by atoms with Gasteiger partial charge in [0.2, 0.25) is 5.91 Å². The lowest BCUT2D eigenvalue weighted by molar-refractivity contribution is -0.125. The van der Waals surface area contributed by atoms with Crippen molar-refractivity contribution in [2.75, 3.05) is 26.2 Å². The van der Waals surface area contributed by atoms with Crippen LogP contribution >= 0.6 is 11.6 Å². The third-order valence-electron chi connectivity index (χ3n) is 6.12. The van der Waals surface area contributed by atoms with Gasteiger partial charge in [0, 0.05) is 24.1 Å². The summed E-state index contributed by atoms with van der Waals surface area (Å²) in [5.41, 5.74) is 5.14. The van der Waals surface area contributed by atoms with E-state index in [9.17, 15) is 4.79 Å². The quantitative estimate of drug-likeness (QED) is 0.423. The van der Waals surface area contributed by atoms with Gasteiger partial charge in [0.05, 0.1) is 6.61 Å². The standard InChI is InChI=1S/C25H31ClN2O3/c1-18(29)27-31-25-10-5-21(19-3-4-19)17-24(25)20-11-14-28(15-12-20)13-2-16-30-23-8-6-22(26)7-9-23/h5-10,17,19-20H,2-4,11-16H2,1H3,(H,27,29). The van der Waals surface area contributed by atoms with Gasteiger partial charge in [-0.15, -0.1) is 0 Å². The number of nitrogens with one attached hydrogen (secondary N) is 1. The molecule has 0 unspecified atom stereocenters. The number of likely N-dealkylation sites (tertiary alicyclic amines) is 1. The highest BCUT2D eigenvalue weighted by molar-refractivity contribution is 6.30. The molecule has 2 aromatic rings. The molecule has 5 nitrogen and oxygen atoms in total. The highest BCUT2D eigenvalue weighted by atomic mass is 35.5. The number of ether oxygens (including phenoxy) is 1. The van der Waals surface area contributed by atoms with Crippen molar-refractivity contribution < 1.29 is 14.4 Å². The summed E-state index contributed by atoms with van der Waals surface area (Å²) in [4.78, 5) is 19.4. The van der Waals surface area contributed by atoms with Crippen LogP contribution in [0.2, 0.25) is 5.02 Å². The molecule has 0 atom stereocenters. The minimum absolute atomic E-state index is 0.187. The average Bonchev–Trinajstić information content (AvgIpc) is 3.62. The maximum atomic E-state index is 11.3. The van der Waals surface area contributed by atoms with E-state index in [4.69, 9.17) is 21.2 Å². The number of amides is 1. The van der Waals surface area contributed by atoms with E-state index in [0.717, 1.165) is 55.4 Å². The van der Waals surface area contributed by atoms with Crippen molar-refractivity contribution >= 4 is 17.5 Å². The predicted octanol–water partition coefficient (Wildman–Crippen LogP) is 5.30. The monoisotopic (exact) mass is 442 g/mol. The first-order valence-electron chi connectivity index (χ1n) is 11.3. The Balaban J connectivity index is 1.27. The van der Waals surface area contributed by atoms with E-state index in [1.54, 1.807) is 0 Å². The van der Waals surface area contributed by atoms with Crippen molar-refractivity contribution in [3.05, 3.63) is 58.6 Å².